The zero-order valence-corrected chi connectivity index (χ0v) is 11.5. The molecule has 3 aromatic rings. The van der Waals surface area contributed by atoms with Crippen molar-refractivity contribution in [3.05, 3.63) is 65.6 Å². The second-order valence-electron chi connectivity index (χ2n) is 4.83. The lowest BCUT2D eigenvalue weighted by Crippen LogP contribution is -1.96. The first kappa shape index (κ1) is 13.2. The average molecular weight is 282 g/mol. The van der Waals surface area contributed by atoms with Crippen molar-refractivity contribution in [2.24, 2.45) is 0 Å². The Balaban J connectivity index is 1.77. The molecule has 106 valence electrons. The molecule has 0 fully saturated rings. The molecular formula is C17H14O4. The number of carbonyl (C=O) groups is 1. The summed E-state index contributed by atoms with van der Waals surface area (Å²) in [6.45, 7) is 1.90. The van der Waals surface area contributed by atoms with E-state index in [2.05, 4.69) is 0 Å². The van der Waals surface area contributed by atoms with Crippen molar-refractivity contribution in [3.63, 3.8) is 0 Å². The van der Waals surface area contributed by atoms with Gasteiger partial charge in [-0.05, 0) is 35.9 Å². The summed E-state index contributed by atoms with van der Waals surface area (Å²) in [7, 11) is 0. The summed E-state index contributed by atoms with van der Waals surface area (Å²) in [4.78, 5) is 10.9. The standard InChI is InChI=1S/C17H14O4/c1-11-8-15(21-16(11)17(18)19)10-20-14-7-6-12-4-2-3-5-13(12)9-14/h2-9H,10H2,1H3,(H,18,19). The van der Waals surface area contributed by atoms with E-state index in [-0.39, 0.29) is 12.4 Å². The van der Waals surface area contributed by atoms with Crippen LogP contribution in [0.3, 0.4) is 0 Å². The molecule has 0 unspecified atom stereocenters. The number of carboxylic acids is 1. The van der Waals surface area contributed by atoms with Gasteiger partial charge in [-0.1, -0.05) is 30.3 Å². The van der Waals surface area contributed by atoms with E-state index in [0.29, 0.717) is 11.3 Å². The van der Waals surface area contributed by atoms with Gasteiger partial charge in [0.2, 0.25) is 5.76 Å². The number of hydrogen-bond acceptors (Lipinski definition) is 3. The molecule has 0 amide bonds. The third-order valence-corrected chi connectivity index (χ3v) is 3.27. The minimum absolute atomic E-state index is 0.0351. The first-order valence-electron chi connectivity index (χ1n) is 6.58. The number of aromatic carboxylic acids is 1. The molecule has 0 saturated heterocycles. The minimum Gasteiger partial charge on any atom is -0.486 e. The number of ether oxygens (including phenoxy) is 1. The molecule has 1 heterocycles. The minimum atomic E-state index is -1.07. The smallest absolute Gasteiger partial charge is 0.372 e. The monoisotopic (exact) mass is 282 g/mol. The Morgan fingerprint density at radius 1 is 1.14 bits per heavy atom. The molecule has 0 radical (unpaired) electrons. The number of carboxylic acid groups (broad SMARTS) is 1. The van der Waals surface area contributed by atoms with E-state index in [4.69, 9.17) is 14.3 Å². The van der Waals surface area contributed by atoms with Crippen LogP contribution in [0.15, 0.2) is 52.9 Å². The lowest BCUT2D eigenvalue weighted by Gasteiger charge is -2.05. The van der Waals surface area contributed by atoms with Crippen LogP contribution in [0.1, 0.15) is 21.9 Å². The van der Waals surface area contributed by atoms with Gasteiger partial charge >= 0.3 is 5.97 Å². The molecule has 0 aliphatic rings. The number of aryl methyl sites for hydroxylation is 1. The summed E-state index contributed by atoms with van der Waals surface area (Å²) in [6, 6.07) is 15.5. The Kier molecular flexibility index (Phi) is 3.36. The molecule has 0 aliphatic heterocycles. The summed E-state index contributed by atoms with van der Waals surface area (Å²) in [5, 5.41) is 11.2. The molecule has 2 aromatic carbocycles. The second-order valence-corrected chi connectivity index (χ2v) is 4.83. The van der Waals surface area contributed by atoms with Crippen LogP contribution in [0.5, 0.6) is 5.75 Å². The van der Waals surface area contributed by atoms with Gasteiger partial charge in [-0.25, -0.2) is 4.79 Å². The van der Waals surface area contributed by atoms with Crippen molar-refractivity contribution in [3.8, 4) is 5.75 Å². The van der Waals surface area contributed by atoms with Gasteiger partial charge in [0.05, 0.1) is 0 Å². The molecule has 0 aliphatic carbocycles. The highest BCUT2D eigenvalue weighted by Crippen LogP contribution is 2.22. The molecule has 4 heteroatoms. The highest BCUT2D eigenvalue weighted by molar-refractivity contribution is 5.86. The van der Waals surface area contributed by atoms with Crippen LogP contribution in [0.2, 0.25) is 0 Å². The van der Waals surface area contributed by atoms with Gasteiger partial charge in [-0.3, -0.25) is 0 Å². The van der Waals surface area contributed by atoms with Gasteiger partial charge in [0.15, 0.2) is 0 Å². The largest absolute Gasteiger partial charge is 0.486 e. The highest BCUT2D eigenvalue weighted by Gasteiger charge is 2.14. The maximum absolute atomic E-state index is 10.9. The van der Waals surface area contributed by atoms with Gasteiger partial charge < -0.3 is 14.3 Å². The third kappa shape index (κ3) is 2.74. The molecule has 0 saturated carbocycles. The summed E-state index contributed by atoms with van der Waals surface area (Å²) in [5.74, 6) is 0.120. The molecule has 4 nitrogen and oxygen atoms in total. The van der Waals surface area contributed by atoms with E-state index >= 15 is 0 Å². The molecule has 1 aromatic heterocycles. The topological polar surface area (TPSA) is 59.7 Å². The predicted octanol–water partition coefficient (Wildman–Crippen LogP) is 4.02. The van der Waals surface area contributed by atoms with Gasteiger partial charge in [-0.2, -0.15) is 0 Å². The molecule has 21 heavy (non-hydrogen) atoms. The fourth-order valence-corrected chi connectivity index (χ4v) is 2.24. The zero-order valence-electron chi connectivity index (χ0n) is 11.5. The molecule has 1 N–H and O–H groups in total. The van der Waals surface area contributed by atoms with E-state index in [1.807, 2.05) is 42.5 Å². The summed E-state index contributed by atoms with van der Waals surface area (Å²) in [6.07, 6.45) is 0. The van der Waals surface area contributed by atoms with Crippen molar-refractivity contribution in [1.82, 2.24) is 0 Å². The van der Waals surface area contributed by atoms with Crippen LogP contribution in [-0.4, -0.2) is 11.1 Å². The zero-order chi connectivity index (χ0) is 14.8. The van der Waals surface area contributed by atoms with E-state index in [1.54, 1.807) is 13.0 Å². The number of rotatable bonds is 4. The Morgan fingerprint density at radius 3 is 2.62 bits per heavy atom. The van der Waals surface area contributed by atoms with Crippen molar-refractivity contribution in [2.45, 2.75) is 13.5 Å². The summed E-state index contributed by atoms with van der Waals surface area (Å²) < 4.78 is 10.9. The number of benzene rings is 2. The van der Waals surface area contributed by atoms with Crippen LogP contribution < -0.4 is 4.74 Å². The van der Waals surface area contributed by atoms with E-state index in [1.165, 1.54) is 0 Å². The normalized spacial score (nSPS) is 10.7. The SMILES string of the molecule is Cc1cc(COc2ccc3ccccc3c2)oc1C(=O)O. The van der Waals surface area contributed by atoms with Crippen LogP contribution in [0.4, 0.5) is 0 Å². The van der Waals surface area contributed by atoms with Crippen molar-refractivity contribution >= 4 is 16.7 Å². The van der Waals surface area contributed by atoms with Crippen LogP contribution in [-0.2, 0) is 6.61 Å². The predicted molar refractivity (Wildman–Crippen MR) is 78.7 cm³/mol. The van der Waals surface area contributed by atoms with E-state index in [9.17, 15) is 4.79 Å². The van der Waals surface area contributed by atoms with Gasteiger partial charge in [0.25, 0.3) is 0 Å². The molecule has 0 spiro atoms. The first-order chi connectivity index (χ1) is 10.1. The molecular weight excluding hydrogens is 268 g/mol. The highest BCUT2D eigenvalue weighted by atomic mass is 16.5. The number of hydrogen-bond donors (Lipinski definition) is 1. The second kappa shape index (κ2) is 5.32. The van der Waals surface area contributed by atoms with Gasteiger partial charge in [0, 0.05) is 5.56 Å². The Morgan fingerprint density at radius 2 is 1.90 bits per heavy atom. The fourth-order valence-electron chi connectivity index (χ4n) is 2.24. The van der Waals surface area contributed by atoms with Crippen molar-refractivity contribution in [2.75, 3.05) is 0 Å². The quantitative estimate of drug-likeness (QED) is 0.785. The Bertz CT molecular complexity index is 801. The molecule has 0 atom stereocenters. The molecule has 0 bridgehead atoms. The number of furan rings is 1. The van der Waals surface area contributed by atoms with Gasteiger partial charge in [0.1, 0.15) is 18.1 Å². The van der Waals surface area contributed by atoms with E-state index < -0.39 is 5.97 Å². The average Bonchev–Trinajstić information content (AvgIpc) is 2.86. The Hall–Kier alpha value is -2.75. The van der Waals surface area contributed by atoms with E-state index in [0.717, 1.165) is 16.5 Å². The number of fused-ring (bicyclic) bond motifs is 1. The fraction of sp³-hybridized carbons (Fsp3) is 0.118. The Labute approximate surface area is 121 Å². The maximum Gasteiger partial charge on any atom is 0.372 e. The first-order valence-corrected chi connectivity index (χ1v) is 6.58. The maximum atomic E-state index is 10.9. The lowest BCUT2D eigenvalue weighted by atomic mass is 10.1. The van der Waals surface area contributed by atoms with Crippen LogP contribution in [0, 0.1) is 6.92 Å². The lowest BCUT2D eigenvalue weighted by molar-refractivity contribution is 0.0657. The summed E-state index contributed by atoms with van der Waals surface area (Å²) >= 11 is 0. The van der Waals surface area contributed by atoms with Gasteiger partial charge in [-0.15, -0.1) is 0 Å². The van der Waals surface area contributed by atoms with Crippen LogP contribution in [0.25, 0.3) is 10.8 Å². The third-order valence-electron chi connectivity index (χ3n) is 3.27. The van der Waals surface area contributed by atoms with Crippen molar-refractivity contribution < 1.29 is 19.1 Å². The summed E-state index contributed by atoms with van der Waals surface area (Å²) in [5.41, 5.74) is 0.597. The van der Waals surface area contributed by atoms with Crippen molar-refractivity contribution in [1.29, 1.82) is 0 Å². The van der Waals surface area contributed by atoms with Crippen LogP contribution >= 0.6 is 0 Å². The molecule has 3 rings (SSSR count).